The van der Waals surface area contributed by atoms with Crippen molar-refractivity contribution in [2.45, 2.75) is 44.7 Å². The second-order valence-electron chi connectivity index (χ2n) is 4.37. The molecule has 19 heavy (non-hydrogen) atoms. The van der Waals surface area contributed by atoms with Crippen LogP contribution in [0.25, 0.3) is 0 Å². The maximum atomic E-state index is 12.1. The van der Waals surface area contributed by atoms with Crippen molar-refractivity contribution in [1.82, 2.24) is 14.7 Å². The smallest absolute Gasteiger partial charge is 0.322 e. The predicted molar refractivity (Wildman–Crippen MR) is 69.2 cm³/mol. The number of carbonyl (C=O) groups is 1. The molecule has 0 saturated heterocycles. The Morgan fingerprint density at radius 2 is 2.16 bits per heavy atom. The van der Waals surface area contributed by atoms with Crippen LogP contribution in [0, 0.1) is 5.92 Å². The summed E-state index contributed by atoms with van der Waals surface area (Å²) < 4.78 is 26.3. The Kier molecular flexibility index (Phi) is 5.07. The van der Waals surface area contributed by atoms with Crippen molar-refractivity contribution in [2.75, 3.05) is 0 Å². The monoisotopic (exact) mass is 289 g/mol. The SMILES string of the molecule is CCc1ncc(S(=O)(=O)NC(C(=O)O)C(C)CC)[nH]1. The van der Waals surface area contributed by atoms with Gasteiger partial charge in [-0.1, -0.05) is 27.2 Å². The van der Waals surface area contributed by atoms with Gasteiger partial charge in [-0.05, 0) is 5.92 Å². The molecule has 0 aliphatic rings. The lowest BCUT2D eigenvalue weighted by Crippen LogP contribution is -2.45. The van der Waals surface area contributed by atoms with Gasteiger partial charge in [-0.2, -0.15) is 4.72 Å². The van der Waals surface area contributed by atoms with Crippen molar-refractivity contribution in [1.29, 1.82) is 0 Å². The van der Waals surface area contributed by atoms with Gasteiger partial charge in [0.15, 0.2) is 5.03 Å². The van der Waals surface area contributed by atoms with Crippen molar-refractivity contribution >= 4 is 16.0 Å². The number of aliphatic carboxylic acids is 1. The van der Waals surface area contributed by atoms with Crippen molar-refractivity contribution < 1.29 is 18.3 Å². The highest BCUT2D eigenvalue weighted by Crippen LogP contribution is 2.13. The maximum absolute atomic E-state index is 12.1. The van der Waals surface area contributed by atoms with Crippen LogP contribution in [0.3, 0.4) is 0 Å². The van der Waals surface area contributed by atoms with Gasteiger partial charge in [0.25, 0.3) is 10.0 Å². The first-order valence-corrected chi connectivity index (χ1v) is 7.59. The van der Waals surface area contributed by atoms with Crippen molar-refractivity contribution in [3.63, 3.8) is 0 Å². The van der Waals surface area contributed by atoms with Crippen LogP contribution in [0.2, 0.25) is 0 Å². The Labute approximate surface area is 112 Å². The van der Waals surface area contributed by atoms with Gasteiger partial charge in [-0.15, -0.1) is 0 Å². The van der Waals surface area contributed by atoms with E-state index in [9.17, 15) is 13.2 Å². The summed E-state index contributed by atoms with van der Waals surface area (Å²) in [6, 6.07) is -1.15. The summed E-state index contributed by atoms with van der Waals surface area (Å²) >= 11 is 0. The molecule has 0 saturated carbocycles. The average Bonchev–Trinajstić information content (AvgIpc) is 2.84. The summed E-state index contributed by atoms with van der Waals surface area (Å²) in [7, 11) is -3.90. The topological polar surface area (TPSA) is 112 Å². The molecule has 1 heterocycles. The molecule has 0 aromatic carbocycles. The Bertz CT molecular complexity index is 538. The minimum absolute atomic E-state index is 0.112. The number of carboxylic acid groups (broad SMARTS) is 1. The number of aromatic nitrogens is 2. The van der Waals surface area contributed by atoms with Gasteiger partial charge < -0.3 is 10.1 Å². The number of carboxylic acids is 1. The number of hydrogen-bond donors (Lipinski definition) is 3. The van der Waals surface area contributed by atoms with Crippen LogP contribution in [-0.2, 0) is 21.2 Å². The number of H-pyrrole nitrogens is 1. The molecule has 2 atom stereocenters. The molecule has 108 valence electrons. The molecule has 8 heteroatoms. The zero-order valence-corrected chi connectivity index (χ0v) is 12.0. The maximum Gasteiger partial charge on any atom is 0.322 e. The third-order valence-corrected chi connectivity index (χ3v) is 4.34. The van der Waals surface area contributed by atoms with Crippen LogP contribution in [0.15, 0.2) is 11.2 Å². The summed E-state index contributed by atoms with van der Waals surface area (Å²) in [6.45, 7) is 5.33. The molecule has 0 aliphatic carbocycles. The van der Waals surface area contributed by atoms with E-state index in [0.29, 0.717) is 18.7 Å². The fourth-order valence-corrected chi connectivity index (χ4v) is 2.77. The second-order valence-corrected chi connectivity index (χ2v) is 6.05. The third-order valence-electron chi connectivity index (χ3n) is 2.99. The Balaban J connectivity index is 2.97. The van der Waals surface area contributed by atoms with Crippen LogP contribution in [0.5, 0.6) is 0 Å². The standard InChI is InChI=1S/C11H19N3O4S/c1-4-7(3)10(11(15)16)14-19(17,18)9-6-12-8(5-2)13-9/h6-7,10,14H,4-5H2,1-3H3,(H,12,13)(H,15,16). The Morgan fingerprint density at radius 1 is 1.53 bits per heavy atom. The first-order chi connectivity index (χ1) is 8.81. The highest BCUT2D eigenvalue weighted by molar-refractivity contribution is 7.89. The molecule has 3 N–H and O–H groups in total. The van der Waals surface area contributed by atoms with Gasteiger partial charge in [0.1, 0.15) is 11.9 Å². The summed E-state index contributed by atoms with van der Waals surface area (Å²) in [5, 5.41) is 8.97. The van der Waals surface area contributed by atoms with Crippen LogP contribution in [0.1, 0.15) is 33.0 Å². The van der Waals surface area contributed by atoms with Crippen molar-refractivity contribution in [3.05, 3.63) is 12.0 Å². The molecule has 0 radical (unpaired) electrons. The number of sulfonamides is 1. The Morgan fingerprint density at radius 3 is 2.58 bits per heavy atom. The molecule has 1 aromatic heterocycles. The lowest BCUT2D eigenvalue weighted by Gasteiger charge is -2.19. The van der Waals surface area contributed by atoms with Gasteiger partial charge in [-0.3, -0.25) is 4.79 Å². The average molecular weight is 289 g/mol. The predicted octanol–water partition coefficient (Wildman–Crippen LogP) is 0.750. The lowest BCUT2D eigenvalue weighted by atomic mass is 10.0. The molecule has 1 rings (SSSR count). The summed E-state index contributed by atoms with van der Waals surface area (Å²) in [5.41, 5.74) is 0. The molecule has 1 aromatic rings. The van der Waals surface area contributed by atoms with E-state index in [1.807, 2.05) is 6.92 Å². The van der Waals surface area contributed by atoms with E-state index in [-0.39, 0.29) is 10.9 Å². The molecule has 0 aliphatic heterocycles. The largest absolute Gasteiger partial charge is 0.480 e. The molecule has 7 nitrogen and oxygen atoms in total. The summed E-state index contributed by atoms with van der Waals surface area (Å²) in [6.07, 6.45) is 2.32. The first-order valence-electron chi connectivity index (χ1n) is 6.10. The van der Waals surface area contributed by atoms with E-state index in [0.717, 1.165) is 0 Å². The van der Waals surface area contributed by atoms with E-state index in [1.165, 1.54) is 6.20 Å². The molecule has 0 fully saturated rings. The van der Waals surface area contributed by atoms with E-state index in [1.54, 1.807) is 13.8 Å². The van der Waals surface area contributed by atoms with Gasteiger partial charge in [-0.25, -0.2) is 13.4 Å². The van der Waals surface area contributed by atoms with Gasteiger partial charge in [0.05, 0.1) is 6.20 Å². The fraction of sp³-hybridized carbons (Fsp3) is 0.636. The molecule has 2 unspecified atom stereocenters. The first kappa shape index (κ1) is 15.6. The quantitative estimate of drug-likeness (QED) is 0.685. The highest BCUT2D eigenvalue weighted by Gasteiger charge is 2.30. The van der Waals surface area contributed by atoms with E-state index in [4.69, 9.17) is 5.11 Å². The fourth-order valence-electron chi connectivity index (χ4n) is 1.54. The van der Waals surface area contributed by atoms with Crippen LogP contribution in [-0.4, -0.2) is 35.5 Å². The number of aryl methyl sites for hydroxylation is 1. The molecular formula is C11H19N3O4S. The van der Waals surface area contributed by atoms with E-state index < -0.39 is 22.0 Å². The van der Waals surface area contributed by atoms with Gasteiger partial charge in [0, 0.05) is 6.42 Å². The summed E-state index contributed by atoms with van der Waals surface area (Å²) in [4.78, 5) is 17.7. The van der Waals surface area contributed by atoms with Crippen LogP contribution >= 0.6 is 0 Å². The zero-order chi connectivity index (χ0) is 14.6. The number of nitrogens with one attached hydrogen (secondary N) is 2. The molecular weight excluding hydrogens is 270 g/mol. The zero-order valence-electron chi connectivity index (χ0n) is 11.2. The number of aromatic amines is 1. The van der Waals surface area contributed by atoms with E-state index >= 15 is 0 Å². The number of imidazole rings is 1. The lowest BCUT2D eigenvalue weighted by molar-refractivity contribution is -0.140. The molecule has 0 spiro atoms. The minimum Gasteiger partial charge on any atom is -0.480 e. The summed E-state index contributed by atoms with van der Waals surface area (Å²) in [5.74, 6) is -0.954. The van der Waals surface area contributed by atoms with E-state index in [2.05, 4.69) is 14.7 Å². The molecule has 0 amide bonds. The second kappa shape index (κ2) is 6.16. The van der Waals surface area contributed by atoms with Crippen molar-refractivity contribution in [3.8, 4) is 0 Å². The minimum atomic E-state index is -3.90. The van der Waals surface area contributed by atoms with Crippen LogP contribution in [0.4, 0.5) is 0 Å². The van der Waals surface area contributed by atoms with Crippen molar-refractivity contribution in [2.24, 2.45) is 5.92 Å². The third kappa shape index (κ3) is 3.77. The normalized spacial score (nSPS) is 15.1. The molecule has 0 bridgehead atoms. The van der Waals surface area contributed by atoms with Gasteiger partial charge in [0.2, 0.25) is 0 Å². The number of nitrogens with zero attached hydrogens (tertiary/aromatic N) is 1. The van der Waals surface area contributed by atoms with Gasteiger partial charge >= 0.3 is 5.97 Å². The highest BCUT2D eigenvalue weighted by atomic mass is 32.2. The Hall–Kier alpha value is -1.41. The number of rotatable bonds is 7. The number of hydrogen-bond acceptors (Lipinski definition) is 4. The van der Waals surface area contributed by atoms with Crippen LogP contribution < -0.4 is 4.72 Å².